The first-order valence-electron chi connectivity index (χ1n) is 17.4. The van der Waals surface area contributed by atoms with Crippen molar-refractivity contribution >= 4 is 65.6 Å². The van der Waals surface area contributed by atoms with Crippen molar-refractivity contribution in [1.29, 1.82) is 0 Å². The van der Waals surface area contributed by atoms with Gasteiger partial charge in [-0.3, -0.25) is 0 Å². The van der Waals surface area contributed by atoms with Gasteiger partial charge in [-0.05, 0) is 71.3 Å². The highest BCUT2D eigenvalue weighted by Crippen LogP contribution is 2.43. The highest BCUT2D eigenvalue weighted by atomic mass is 16.3. The number of benzene rings is 8. The van der Waals surface area contributed by atoms with Crippen LogP contribution < -0.4 is 0 Å². The van der Waals surface area contributed by atoms with Crippen LogP contribution in [0.5, 0.6) is 0 Å². The van der Waals surface area contributed by atoms with Gasteiger partial charge in [0.1, 0.15) is 11.2 Å². The summed E-state index contributed by atoms with van der Waals surface area (Å²) in [4.78, 5) is 0. The first-order valence-corrected chi connectivity index (χ1v) is 17.4. The second-order valence-electron chi connectivity index (χ2n) is 13.3. The molecule has 11 aromatic rings. The number of hydrogen-bond acceptors (Lipinski definition) is 1. The fourth-order valence-electron chi connectivity index (χ4n) is 8.30. The summed E-state index contributed by atoms with van der Waals surface area (Å²) >= 11 is 0. The fourth-order valence-corrected chi connectivity index (χ4v) is 8.30. The molecule has 0 N–H and O–H groups in total. The highest BCUT2D eigenvalue weighted by molar-refractivity contribution is 6.29. The molecule has 0 aliphatic heterocycles. The molecule has 51 heavy (non-hydrogen) atoms. The summed E-state index contributed by atoms with van der Waals surface area (Å²) in [6.07, 6.45) is 0. The molecular formula is C48H30N2O. The second-order valence-corrected chi connectivity index (χ2v) is 13.3. The normalized spacial score (nSPS) is 11.9. The molecule has 0 amide bonds. The van der Waals surface area contributed by atoms with E-state index in [1.165, 1.54) is 54.7 Å². The lowest BCUT2D eigenvalue weighted by Gasteiger charge is -2.11. The average molecular weight is 651 g/mol. The molecule has 0 unspecified atom stereocenters. The van der Waals surface area contributed by atoms with Crippen LogP contribution in [0.1, 0.15) is 0 Å². The minimum Gasteiger partial charge on any atom is -0.455 e. The Balaban J connectivity index is 1.14. The van der Waals surface area contributed by atoms with Crippen LogP contribution >= 0.6 is 0 Å². The molecule has 0 aliphatic carbocycles. The third kappa shape index (κ3) is 4.12. The van der Waals surface area contributed by atoms with Crippen molar-refractivity contribution in [3.8, 4) is 33.6 Å². The molecule has 3 heteroatoms. The summed E-state index contributed by atoms with van der Waals surface area (Å²) in [5.41, 5.74) is 13.5. The summed E-state index contributed by atoms with van der Waals surface area (Å²) in [7, 11) is 0. The van der Waals surface area contributed by atoms with Gasteiger partial charge < -0.3 is 13.6 Å². The third-order valence-electron chi connectivity index (χ3n) is 10.5. The Hall–Kier alpha value is -6.84. The Morgan fingerprint density at radius 1 is 0.333 bits per heavy atom. The molecule has 0 fully saturated rings. The van der Waals surface area contributed by atoms with Gasteiger partial charge in [-0.15, -0.1) is 0 Å². The molecule has 3 aromatic heterocycles. The number of fused-ring (bicyclic) bond motifs is 10. The highest BCUT2D eigenvalue weighted by Gasteiger charge is 2.21. The van der Waals surface area contributed by atoms with Gasteiger partial charge in [0.2, 0.25) is 0 Å². The van der Waals surface area contributed by atoms with Crippen molar-refractivity contribution in [2.24, 2.45) is 0 Å². The number of nitrogens with zero attached hydrogens (tertiary/aromatic N) is 2. The lowest BCUT2D eigenvalue weighted by Crippen LogP contribution is -1.95. The summed E-state index contributed by atoms with van der Waals surface area (Å²) in [6, 6.07) is 65.4. The molecule has 8 aromatic carbocycles. The van der Waals surface area contributed by atoms with Crippen molar-refractivity contribution in [3.63, 3.8) is 0 Å². The van der Waals surface area contributed by atoms with Crippen LogP contribution in [-0.4, -0.2) is 9.13 Å². The van der Waals surface area contributed by atoms with E-state index in [0.29, 0.717) is 0 Å². The maximum Gasteiger partial charge on any atom is 0.143 e. The zero-order valence-corrected chi connectivity index (χ0v) is 27.6. The number of rotatable bonds is 4. The molecule has 0 spiro atoms. The van der Waals surface area contributed by atoms with E-state index >= 15 is 0 Å². The van der Waals surface area contributed by atoms with E-state index in [4.69, 9.17) is 4.42 Å². The SMILES string of the molecule is c1ccc(-c2ccc(-n3c4ccccc4c4c5c6ccccc6n(-c6cccc(-c7cccc8c7oc7ccccc78)c6)c5ccc43)cc2)cc1. The number of para-hydroxylation sites is 4. The summed E-state index contributed by atoms with van der Waals surface area (Å²) in [5, 5.41) is 7.31. The van der Waals surface area contributed by atoms with Gasteiger partial charge in [-0.2, -0.15) is 0 Å². The lowest BCUT2D eigenvalue weighted by molar-refractivity contribution is 0.670. The molecule has 0 saturated carbocycles. The summed E-state index contributed by atoms with van der Waals surface area (Å²) < 4.78 is 11.3. The average Bonchev–Trinajstić information content (AvgIpc) is 3.86. The Morgan fingerprint density at radius 3 is 1.61 bits per heavy atom. The first-order chi connectivity index (χ1) is 25.3. The lowest BCUT2D eigenvalue weighted by atomic mass is 10.0. The van der Waals surface area contributed by atoms with Crippen LogP contribution in [0.3, 0.4) is 0 Å². The topological polar surface area (TPSA) is 23.0 Å². The van der Waals surface area contributed by atoms with Crippen molar-refractivity contribution < 1.29 is 4.42 Å². The van der Waals surface area contributed by atoms with Gasteiger partial charge in [-0.25, -0.2) is 0 Å². The predicted octanol–water partition coefficient (Wildman–Crippen LogP) is 13.1. The van der Waals surface area contributed by atoms with Crippen LogP contribution in [0.25, 0.3) is 99.2 Å². The van der Waals surface area contributed by atoms with Crippen LogP contribution in [0.2, 0.25) is 0 Å². The van der Waals surface area contributed by atoms with Crippen molar-refractivity contribution in [2.45, 2.75) is 0 Å². The van der Waals surface area contributed by atoms with Crippen LogP contribution in [-0.2, 0) is 0 Å². The molecule has 0 aliphatic rings. The Labute approximate surface area is 293 Å². The van der Waals surface area contributed by atoms with Crippen molar-refractivity contribution in [2.75, 3.05) is 0 Å². The summed E-state index contributed by atoms with van der Waals surface area (Å²) in [5.74, 6) is 0. The number of hydrogen-bond donors (Lipinski definition) is 0. The van der Waals surface area contributed by atoms with Gasteiger partial charge >= 0.3 is 0 Å². The van der Waals surface area contributed by atoms with E-state index in [9.17, 15) is 0 Å². The molecule has 0 bridgehead atoms. The molecule has 3 heterocycles. The minimum absolute atomic E-state index is 0.911. The Bertz CT molecular complexity index is 3120. The molecule has 3 nitrogen and oxygen atoms in total. The van der Waals surface area contributed by atoms with Gasteiger partial charge in [-0.1, -0.05) is 127 Å². The maximum absolute atomic E-state index is 6.46. The van der Waals surface area contributed by atoms with E-state index in [-0.39, 0.29) is 0 Å². The van der Waals surface area contributed by atoms with Crippen molar-refractivity contribution in [1.82, 2.24) is 9.13 Å². The fraction of sp³-hybridized carbons (Fsp3) is 0. The molecule has 11 rings (SSSR count). The van der Waals surface area contributed by atoms with Crippen molar-refractivity contribution in [3.05, 3.63) is 182 Å². The molecule has 0 saturated heterocycles. The first kappa shape index (κ1) is 28.0. The molecule has 0 radical (unpaired) electrons. The van der Waals surface area contributed by atoms with Gasteiger partial charge in [0, 0.05) is 49.3 Å². The molecule has 238 valence electrons. The predicted molar refractivity (Wildman–Crippen MR) is 213 cm³/mol. The van der Waals surface area contributed by atoms with E-state index in [1.807, 2.05) is 12.1 Å². The Kier molecular flexibility index (Phi) is 5.96. The third-order valence-corrected chi connectivity index (χ3v) is 10.5. The minimum atomic E-state index is 0.911. The standard InChI is InChI=1S/C48H30N2O/c1-2-12-31(13-3-1)32-24-26-34(27-25-32)49-41-21-7-4-17-39(41)46-43(49)28-29-44-47(46)40-18-5-8-22-42(40)50(44)35-15-10-14-33(30-35)36-19-11-20-38-37-16-6-9-23-45(37)51-48(36)38/h1-30H. The zero-order chi connectivity index (χ0) is 33.5. The van der Waals surface area contributed by atoms with E-state index in [0.717, 1.165) is 44.4 Å². The zero-order valence-electron chi connectivity index (χ0n) is 27.6. The van der Waals surface area contributed by atoms with E-state index in [2.05, 4.69) is 179 Å². The molecular weight excluding hydrogens is 621 g/mol. The van der Waals surface area contributed by atoms with Crippen LogP contribution in [0.4, 0.5) is 0 Å². The molecule has 0 atom stereocenters. The summed E-state index contributed by atoms with van der Waals surface area (Å²) in [6.45, 7) is 0. The number of aromatic nitrogens is 2. The quantitative estimate of drug-likeness (QED) is 0.186. The van der Waals surface area contributed by atoms with Gasteiger partial charge in [0.05, 0.1) is 22.1 Å². The van der Waals surface area contributed by atoms with Crippen LogP contribution in [0.15, 0.2) is 186 Å². The number of furan rings is 1. The van der Waals surface area contributed by atoms with Gasteiger partial charge in [0.15, 0.2) is 0 Å². The maximum atomic E-state index is 6.46. The largest absolute Gasteiger partial charge is 0.455 e. The smallest absolute Gasteiger partial charge is 0.143 e. The van der Waals surface area contributed by atoms with E-state index < -0.39 is 0 Å². The monoisotopic (exact) mass is 650 g/mol. The Morgan fingerprint density at radius 2 is 0.882 bits per heavy atom. The van der Waals surface area contributed by atoms with Gasteiger partial charge in [0.25, 0.3) is 0 Å². The second kappa shape index (κ2) is 10.8. The van der Waals surface area contributed by atoms with E-state index in [1.54, 1.807) is 0 Å². The van der Waals surface area contributed by atoms with Crippen LogP contribution in [0, 0.1) is 0 Å².